The summed E-state index contributed by atoms with van der Waals surface area (Å²) in [6, 6.07) is 81.8. The number of nitriles is 1. The van der Waals surface area contributed by atoms with Crippen molar-refractivity contribution in [3.63, 3.8) is 0 Å². The average molecular weight is 1030 g/mol. The van der Waals surface area contributed by atoms with Crippen LogP contribution in [0.25, 0.3) is 85.6 Å². The Morgan fingerprint density at radius 1 is 0.321 bits per heavy atom. The Hall–Kier alpha value is -10.3. The molecule has 0 atom stereocenters. The second-order valence-corrected chi connectivity index (χ2v) is 20.6. The van der Waals surface area contributed by atoms with E-state index < -0.39 is 11.6 Å². The summed E-state index contributed by atoms with van der Waals surface area (Å²) in [5.41, 5.74) is 9.58. The highest BCUT2D eigenvalue weighted by molar-refractivity contribution is 7.25. The van der Waals surface area contributed by atoms with Crippen LogP contribution in [-0.4, -0.2) is 0 Å². The van der Waals surface area contributed by atoms with Crippen LogP contribution in [0.3, 0.4) is 0 Å². The number of rotatable bonds is 9. The van der Waals surface area contributed by atoms with Crippen LogP contribution < -0.4 is 14.7 Å². The largest absolute Gasteiger partial charge is 0.456 e. The molecule has 6 nitrogen and oxygen atoms in total. The first-order chi connectivity index (χ1) is 38.4. The summed E-state index contributed by atoms with van der Waals surface area (Å²) in [7, 11) is 0. The highest BCUT2D eigenvalue weighted by Gasteiger charge is 2.24. The molecule has 3 aromatic heterocycles. The van der Waals surface area contributed by atoms with Gasteiger partial charge in [0, 0.05) is 93.7 Å². The molecule has 0 aliphatic heterocycles. The van der Waals surface area contributed by atoms with E-state index in [4.69, 9.17) is 8.83 Å². The molecule has 9 heteroatoms. The molecular weight excluding hydrogens is 987 g/mol. The molecule has 0 unspecified atom stereocenters. The number of anilines is 9. The molecule has 368 valence electrons. The summed E-state index contributed by atoms with van der Waals surface area (Å²) >= 11 is 1.61. The zero-order valence-corrected chi connectivity index (χ0v) is 42.2. The van der Waals surface area contributed by atoms with Crippen molar-refractivity contribution in [2.75, 3.05) is 14.7 Å². The molecule has 15 aromatic rings. The first kappa shape index (κ1) is 45.2. The zero-order valence-electron chi connectivity index (χ0n) is 41.4. The minimum atomic E-state index is -0.463. The Bertz CT molecular complexity index is 4820. The third-order valence-electron chi connectivity index (χ3n) is 14.9. The Morgan fingerprint density at radius 2 is 0.731 bits per heavy atom. The number of thiophene rings is 1. The van der Waals surface area contributed by atoms with Gasteiger partial charge in [-0.2, -0.15) is 5.26 Å². The molecule has 12 aromatic carbocycles. The van der Waals surface area contributed by atoms with Crippen molar-refractivity contribution in [3.8, 4) is 6.07 Å². The van der Waals surface area contributed by atoms with Gasteiger partial charge in [0.15, 0.2) is 0 Å². The fourth-order valence-electron chi connectivity index (χ4n) is 11.4. The maximum Gasteiger partial charge on any atom is 0.147 e. The topological polar surface area (TPSA) is 59.8 Å². The van der Waals surface area contributed by atoms with E-state index in [2.05, 4.69) is 143 Å². The van der Waals surface area contributed by atoms with Gasteiger partial charge in [-0.15, -0.1) is 11.3 Å². The molecule has 0 amide bonds. The van der Waals surface area contributed by atoms with E-state index in [1.165, 1.54) is 12.1 Å². The minimum Gasteiger partial charge on any atom is -0.456 e. The Labute approximate surface area is 449 Å². The average Bonchev–Trinajstić information content (AvgIpc) is 4.26. The van der Waals surface area contributed by atoms with Crippen molar-refractivity contribution in [2.45, 2.75) is 0 Å². The SMILES string of the molecule is N#Cc1cc(N(c2ccc3c(c2)oc2ccccc23)c2ccc3c(c2)oc2ccccc23)cc(N(c2ccc3c(ccc4ccccc43)c2)c2ccc3c(c2)sc2cc(N(c4ccccc4F)c4ccccc4F)ccc23)c1. The van der Waals surface area contributed by atoms with Gasteiger partial charge < -0.3 is 23.5 Å². The van der Waals surface area contributed by atoms with E-state index in [1.807, 2.05) is 66.7 Å². The van der Waals surface area contributed by atoms with Crippen molar-refractivity contribution >= 4 is 148 Å². The highest BCUT2D eigenvalue weighted by atomic mass is 32.1. The van der Waals surface area contributed by atoms with Crippen LogP contribution in [-0.2, 0) is 0 Å². The van der Waals surface area contributed by atoms with E-state index in [0.717, 1.165) is 120 Å². The summed E-state index contributed by atoms with van der Waals surface area (Å²) in [6.45, 7) is 0. The van der Waals surface area contributed by atoms with E-state index in [0.29, 0.717) is 11.3 Å². The molecule has 0 fully saturated rings. The smallest absolute Gasteiger partial charge is 0.147 e. The predicted octanol–water partition coefficient (Wildman–Crippen LogP) is 20.7. The lowest BCUT2D eigenvalue weighted by molar-refractivity contribution is 0.619. The Kier molecular flexibility index (Phi) is 10.4. The van der Waals surface area contributed by atoms with Crippen LogP contribution in [0.2, 0.25) is 0 Å². The number of benzene rings is 12. The summed E-state index contributed by atoms with van der Waals surface area (Å²) in [5, 5.41) is 21.7. The number of hydrogen-bond donors (Lipinski definition) is 0. The molecule has 0 N–H and O–H groups in total. The third-order valence-corrected chi connectivity index (χ3v) is 16.0. The van der Waals surface area contributed by atoms with Crippen molar-refractivity contribution in [3.05, 3.63) is 260 Å². The molecule has 15 rings (SSSR count). The van der Waals surface area contributed by atoms with Crippen LogP contribution >= 0.6 is 11.3 Å². The van der Waals surface area contributed by atoms with Gasteiger partial charge in [-0.05, 0) is 137 Å². The summed E-state index contributed by atoms with van der Waals surface area (Å²) in [5.74, 6) is -0.926. The normalized spacial score (nSPS) is 11.7. The second-order valence-electron chi connectivity index (χ2n) is 19.5. The molecule has 0 aliphatic rings. The molecule has 0 saturated carbocycles. The zero-order chi connectivity index (χ0) is 52.0. The molecule has 0 radical (unpaired) electrons. The van der Waals surface area contributed by atoms with Crippen molar-refractivity contribution in [1.29, 1.82) is 5.26 Å². The number of hydrogen-bond acceptors (Lipinski definition) is 7. The lowest BCUT2D eigenvalue weighted by Crippen LogP contribution is -2.14. The lowest BCUT2D eigenvalue weighted by atomic mass is 10.0. The van der Waals surface area contributed by atoms with Crippen molar-refractivity contribution in [1.82, 2.24) is 0 Å². The van der Waals surface area contributed by atoms with Gasteiger partial charge >= 0.3 is 0 Å². The van der Waals surface area contributed by atoms with E-state index in [9.17, 15) is 5.26 Å². The number of halogens is 2. The summed E-state index contributed by atoms with van der Waals surface area (Å²) in [4.78, 5) is 6.01. The van der Waals surface area contributed by atoms with E-state index in [1.54, 1.807) is 52.6 Å². The summed E-state index contributed by atoms with van der Waals surface area (Å²) < 4.78 is 46.3. The Morgan fingerprint density at radius 3 is 1.28 bits per heavy atom. The van der Waals surface area contributed by atoms with Gasteiger partial charge in [-0.25, -0.2) is 8.78 Å². The van der Waals surface area contributed by atoms with Gasteiger partial charge in [0.2, 0.25) is 0 Å². The predicted molar refractivity (Wildman–Crippen MR) is 318 cm³/mol. The first-order valence-electron chi connectivity index (χ1n) is 25.6. The molecule has 0 saturated heterocycles. The fourth-order valence-corrected chi connectivity index (χ4v) is 12.5. The standard InChI is InChI=1S/C69H40F2N4O2S/c70-60-15-5-7-17-62(60)75(63-18-8-6-16-61(63)71)49-27-32-59-58-31-26-48(39-68(58)78-69(59)40-49)73(45-23-28-53-44(35-45)22-21-43-11-1-2-12-52(43)53)50-33-42(41-72)34-51(36-50)74(46-24-29-56-54-13-3-9-19-64(54)76-66(56)37-46)47-25-30-57-55-14-4-10-20-65(55)77-67(57)38-47/h1-40H. The summed E-state index contributed by atoms with van der Waals surface area (Å²) in [6.07, 6.45) is 0. The highest BCUT2D eigenvalue weighted by Crippen LogP contribution is 2.48. The molecule has 3 heterocycles. The molecule has 0 aliphatic carbocycles. The second kappa shape index (κ2) is 18.0. The number of nitrogens with zero attached hydrogens (tertiary/aromatic N) is 4. The molecular formula is C69H40F2N4O2S. The maximum atomic E-state index is 15.7. The quantitative estimate of drug-likeness (QED) is 0.134. The Balaban J connectivity index is 0.926. The minimum absolute atomic E-state index is 0.243. The molecule has 78 heavy (non-hydrogen) atoms. The fraction of sp³-hybridized carbons (Fsp3) is 0. The van der Waals surface area contributed by atoms with Gasteiger partial charge in [0.25, 0.3) is 0 Å². The van der Waals surface area contributed by atoms with E-state index >= 15 is 8.78 Å². The molecule has 0 bridgehead atoms. The maximum absolute atomic E-state index is 15.7. The van der Waals surface area contributed by atoms with Gasteiger partial charge in [0.1, 0.15) is 34.0 Å². The third kappa shape index (κ3) is 7.41. The van der Waals surface area contributed by atoms with Crippen LogP contribution in [0.4, 0.5) is 60.0 Å². The van der Waals surface area contributed by atoms with E-state index in [-0.39, 0.29) is 11.4 Å². The number of para-hydroxylation sites is 4. The van der Waals surface area contributed by atoms with Crippen LogP contribution in [0.1, 0.15) is 5.56 Å². The first-order valence-corrected chi connectivity index (χ1v) is 26.4. The van der Waals surface area contributed by atoms with Crippen LogP contribution in [0.5, 0.6) is 0 Å². The van der Waals surface area contributed by atoms with Crippen molar-refractivity contribution < 1.29 is 17.6 Å². The van der Waals surface area contributed by atoms with Crippen LogP contribution in [0, 0.1) is 23.0 Å². The van der Waals surface area contributed by atoms with Gasteiger partial charge in [-0.3, -0.25) is 0 Å². The van der Waals surface area contributed by atoms with Crippen molar-refractivity contribution in [2.24, 2.45) is 0 Å². The monoisotopic (exact) mass is 1030 g/mol. The number of fused-ring (bicyclic) bond motifs is 12. The van der Waals surface area contributed by atoms with Gasteiger partial charge in [-0.1, -0.05) is 115 Å². The van der Waals surface area contributed by atoms with Gasteiger partial charge in [0.05, 0.1) is 23.0 Å². The molecule has 0 spiro atoms. The van der Waals surface area contributed by atoms with Crippen LogP contribution in [0.15, 0.2) is 251 Å². The lowest BCUT2D eigenvalue weighted by Gasteiger charge is -2.30. The number of furan rings is 2.